The van der Waals surface area contributed by atoms with Gasteiger partial charge in [0.05, 0.1) is 23.6 Å². The molecule has 0 bridgehead atoms. The number of carboxylic acid groups (broad SMARTS) is 1. The van der Waals surface area contributed by atoms with Crippen molar-refractivity contribution in [2.75, 3.05) is 0 Å². The van der Waals surface area contributed by atoms with Crippen molar-refractivity contribution in [3.8, 4) is 0 Å². The minimum absolute atomic E-state index is 0.0344. The van der Waals surface area contributed by atoms with Crippen molar-refractivity contribution in [1.29, 1.82) is 0 Å². The molecule has 0 fully saturated rings. The first kappa shape index (κ1) is 14.3. The van der Waals surface area contributed by atoms with Crippen LogP contribution < -0.4 is 5.11 Å². The molecule has 0 saturated carbocycles. The lowest BCUT2D eigenvalue weighted by Gasteiger charge is -2.14. The smallest absolute Gasteiger partial charge is 0.261 e. The van der Waals surface area contributed by atoms with Crippen molar-refractivity contribution in [3.05, 3.63) is 69.7 Å². The third-order valence-corrected chi connectivity index (χ3v) is 3.86. The summed E-state index contributed by atoms with van der Waals surface area (Å²) in [7, 11) is 0. The number of halogens is 1. The molecule has 2 amide bonds. The lowest BCUT2D eigenvalue weighted by atomic mass is 10.1. The van der Waals surface area contributed by atoms with Gasteiger partial charge in [-0.25, -0.2) is 0 Å². The topological polar surface area (TPSA) is 77.5 Å². The highest BCUT2D eigenvalue weighted by molar-refractivity contribution is 6.31. The van der Waals surface area contributed by atoms with E-state index in [-0.39, 0.29) is 23.2 Å². The van der Waals surface area contributed by atoms with Crippen LogP contribution in [0, 0.1) is 0 Å². The van der Waals surface area contributed by atoms with Crippen molar-refractivity contribution in [2.45, 2.75) is 6.54 Å². The Morgan fingerprint density at radius 2 is 1.73 bits per heavy atom. The fourth-order valence-electron chi connectivity index (χ4n) is 2.36. The van der Waals surface area contributed by atoms with E-state index in [9.17, 15) is 19.5 Å². The zero-order chi connectivity index (χ0) is 15.9. The molecule has 1 heterocycles. The quantitative estimate of drug-likeness (QED) is 0.804. The van der Waals surface area contributed by atoms with Crippen molar-refractivity contribution in [3.63, 3.8) is 0 Å². The van der Waals surface area contributed by atoms with E-state index in [4.69, 9.17) is 11.6 Å². The Balaban J connectivity index is 1.96. The highest BCUT2D eigenvalue weighted by atomic mass is 35.5. The van der Waals surface area contributed by atoms with Gasteiger partial charge in [-0.1, -0.05) is 35.9 Å². The van der Waals surface area contributed by atoms with Gasteiger partial charge in [-0.3, -0.25) is 14.5 Å². The zero-order valence-corrected chi connectivity index (χ0v) is 12.0. The second-order valence-electron chi connectivity index (χ2n) is 4.84. The number of imide groups is 1. The minimum Gasteiger partial charge on any atom is -0.545 e. The molecular weight excluding hydrogens is 306 g/mol. The molecule has 5 nitrogen and oxygen atoms in total. The summed E-state index contributed by atoms with van der Waals surface area (Å²) in [6.07, 6.45) is 0. The van der Waals surface area contributed by atoms with Gasteiger partial charge in [0.2, 0.25) is 0 Å². The van der Waals surface area contributed by atoms with Gasteiger partial charge in [-0.15, -0.1) is 0 Å². The van der Waals surface area contributed by atoms with Crippen LogP contribution in [0.1, 0.15) is 36.6 Å². The maximum absolute atomic E-state index is 12.3. The van der Waals surface area contributed by atoms with Gasteiger partial charge in [-0.05, 0) is 29.3 Å². The summed E-state index contributed by atoms with van der Waals surface area (Å²) in [6, 6.07) is 10.6. The molecule has 0 aliphatic carbocycles. The molecular formula is C16H9ClNO4-. The second kappa shape index (κ2) is 5.27. The summed E-state index contributed by atoms with van der Waals surface area (Å²) >= 11 is 6.04. The molecule has 0 atom stereocenters. The molecule has 3 rings (SSSR count). The lowest BCUT2D eigenvalue weighted by Crippen LogP contribution is -2.29. The molecule has 0 radical (unpaired) electrons. The molecule has 0 aromatic heterocycles. The monoisotopic (exact) mass is 314 g/mol. The van der Waals surface area contributed by atoms with Crippen LogP contribution in [0.15, 0.2) is 42.5 Å². The van der Waals surface area contributed by atoms with Crippen molar-refractivity contribution < 1.29 is 19.5 Å². The first-order valence-electron chi connectivity index (χ1n) is 6.44. The number of rotatable bonds is 3. The largest absolute Gasteiger partial charge is 0.545 e. The molecule has 1 aliphatic heterocycles. The molecule has 1 aliphatic rings. The number of nitrogens with zero attached hydrogens (tertiary/aromatic N) is 1. The van der Waals surface area contributed by atoms with Crippen LogP contribution >= 0.6 is 11.6 Å². The van der Waals surface area contributed by atoms with E-state index < -0.39 is 17.8 Å². The number of hydrogen-bond donors (Lipinski definition) is 0. The van der Waals surface area contributed by atoms with Gasteiger partial charge in [0.15, 0.2) is 0 Å². The lowest BCUT2D eigenvalue weighted by molar-refractivity contribution is -0.255. The Labute approximate surface area is 130 Å². The van der Waals surface area contributed by atoms with E-state index >= 15 is 0 Å². The van der Waals surface area contributed by atoms with Gasteiger partial charge < -0.3 is 9.90 Å². The summed E-state index contributed by atoms with van der Waals surface area (Å²) in [5.74, 6) is -2.40. The Kier molecular flexibility index (Phi) is 3.42. The summed E-state index contributed by atoms with van der Waals surface area (Å²) in [5.41, 5.74) is 0.749. The number of aromatic carboxylic acids is 1. The zero-order valence-electron chi connectivity index (χ0n) is 11.2. The Bertz CT molecular complexity index is 816. The number of amides is 2. The highest BCUT2D eigenvalue weighted by Gasteiger charge is 2.35. The predicted octanol–water partition coefficient (Wildman–Crippen LogP) is 1.50. The second-order valence-corrected chi connectivity index (χ2v) is 5.24. The van der Waals surface area contributed by atoms with Gasteiger partial charge in [0.1, 0.15) is 0 Å². The summed E-state index contributed by atoms with van der Waals surface area (Å²) < 4.78 is 0. The van der Waals surface area contributed by atoms with E-state index in [1.54, 1.807) is 24.3 Å². The van der Waals surface area contributed by atoms with Gasteiger partial charge >= 0.3 is 0 Å². The number of carbonyl (C=O) groups excluding carboxylic acids is 3. The van der Waals surface area contributed by atoms with Crippen molar-refractivity contribution >= 4 is 29.4 Å². The maximum atomic E-state index is 12.3. The number of benzene rings is 2. The highest BCUT2D eigenvalue weighted by Crippen LogP contribution is 2.27. The SMILES string of the molecule is O=C([O-])c1ccc2c(c1)C(=O)N(Cc1ccccc1Cl)C2=O. The molecule has 0 spiro atoms. The standard InChI is InChI=1S/C16H10ClNO4/c17-13-4-2-1-3-10(13)8-18-14(19)11-6-5-9(16(21)22)7-12(11)15(18)20/h1-7H,8H2,(H,21,22)/p-1. The van der Waals surface area contributed by atoms with Gasteiger partial charge in [-0.2, -0.15) is 0 Å². The molecule has 2 aromatic rings. The molecule has 2 aromatic carbocycles. The van der Waals surface area contributed by atoms with Gasteiger partial charge in [0, 0.05) is 5.02 Å². The Hall–Kier alpha value is -2.66. The molecule has 6 heteroatoms. The van der Waals surface area contributed by atoms with Crippen LogP contribution in [0.25, 0.3) is 0 Å². The minimum atomic E-state index is -1.40. The van der Waals surface area contributed by atoms with E-state index in [1.807, 2.05) is 0 Å². The molecule has 0 saturated heterocycles. The number of hydrogen-bond acceptors (Lipinski definition) is 4. The number of fused-ring (bicyclic) bond motifs is 1. The van der Waals surface area contributed by atoms with Crippen molar-refractivity contribution in [1.82, 2.24) is 4.90 Å². The van der Waals surface area contributed by atoms with E-state index in [1.165, 1.54) is 12.1 Å². The predicted molar refractivity (Wildman–Crippen MR) is 76.4 cm³/mol. The van der Waals surface area contributed by atoms with Crippen LogP contribution in [-0.4, -0.2) is 22.7 Å². The first-order chi connectivity index (χ1) is 10.5. The first-order valence-corrected chi connectivity index (χ1v) is 6.82. The van der Waals surface area contributed by atoms with E-state index in [2.05, 4.69) is 0 Å². The number of carboxylic acids is 1. The average molecular weight is 315 g/mol. The van der Waals surface area contributed by atoms with Crippen LogP contribution in [0.4, 0.5) is 0 Å². The molecule has 0 N–H and O–H groups in total. The van der Waals surface area contributed by atoms with Crippen LogP contribution in [0.2, 0.25) is 5.02 Å². The van der Waals surface area contributed by atoms with E-state index in [0.29, 0.717) is 10.6 Å². The maximum Gasteiger partial charge on any atom is 0.261 e. The normalized spacial score (nSPS) is 13.4. The molecule has 110 valence electrons. The molecule has 0 unspecified atom stereocenters. The Morgan fingerprint density at radius 3 is 2.41 bits per heavy atom. The van der Waals surface area contributed by atoms with Crippen molar-refractivity contribution in [2.24, 2.45) is 0 Å². The number of carbonyl (C=O) groups is 3. The van der Waals surface area contributed by atoms with Gasteiger partial charge in [0.25, 0.3) is 11.8 Å². The summed E-state index contributed by atoms with van der Waals surface area (Å²) in [6.45, 7) is 0.0344. The fraction of sp³-hybridized carbons (Fsp3) is 0.0625. The van der Waals surface area contributed by atoms with Crippen LogP contribution in [0.5, 0.6) is 0 Å². The fourth-order valence-corrected chi connectivity index (χ4v) is 2.55. The summed E-state index contributed by atoms with van der Waals surface area (Å²) in [4.78, 5) is 36.6. The third kappa shape index (κ3) is 2.25. The van der Waals surface area contributed by atoms with Crippen LogP contribution in [-0.2, 0) is 6.54 Å². The third-order valence-electron chi connectivity index (χ3n) is 3.49. The molecule has 22 heavy (non-hydrogen) atoms. The Morgan fingerprint density at radius 1 is 1.05 bits per heavy atom. The van der Waals surface area contributed by atoms with Crippen LogP contribution in [0.3, 0.4) is 0 Å². The summed E-state index contributed by atoms with van der Waals surface area (Å²) in [5, 5.41) is 11.3. The van der Waals surface area contributed by atoms with E-state index in [0.717, 1.165) is 11.0 Å². The average Bonchev–Trinajstić information content (AvgIpc) is 2.74.